The number of aryl methyl sites for hydroxylation is 1. The summed E-state index contributed by atoms with van der Waals surface area (Å²) in [5.74, 6) is 2.35. The van der Waals surface area contributed by atoms with E-state index in [2.05, 4.69) is 23.4 Å². The van der Waals surface area contributed by atoms with Gasteiger partial charge in [0, 0.05) is 22.3 Å². The number of nitrogens with two attached hydrogens (primary N) is 1. The van der Waals surface area contributed by atoms with Gasteiger partial charge in [0.05, 0.1) is 0 Å². The summed E-state index contributed by atoms with van der Waals surface area (Å²) in [6.07, 6.45) is 1.17. The summed E-state index contributed by atoms with van der Waals surface area (Å²) in [5, 5.41) is 3.68. The summed E-state index contributed by atoms with van der Waals surface area (Å²) >= 11 is 1.89. The molecule has 0 saturated heterocycles. The standard InChI is InChI=1S/C11H10N2OS/c12-11-6-9(14-13-11)8-2-1-7-3-4-15-10(7)5-8/h1-2,5-6H,3-4H2,(H2,12,13). The zero-order chi connectivity index (χ0) is 10.3. The minimum absolute atomic E-state index is 0.429. The topological polar surface area (TPSA) is 52.0 Å². The third kappa shape index (κ3) is 1.51. The van der Waals surface area contributed by atoms with Gasteiger partial charge in [0.15, 0.2) is 11.6 Å². The Hall–Kier alpha value is -1.42. The fourth-order valence-corrected chi connectivity index (χ4v) is 2.85. The molecule has 0 radical (unpaired) electrons. The van der Waals surface area contributed by atoms with Crippen molar-refractivity contribution in [2.75, 3.05) is 11.5 Å². The Kier molecular flexibility index (Phi) is 1.95. The van der Waals surface area contributed by atoms with E-state index in [9.17, 15) is 0 Å². The largest absolute Gasteiger partial charge is 0.381 e. The van der Waals surface area contributed by atoms with E-state index in [-0.39, 0.29) is 0 Å². The minimum atomic E-state index is 0.429. The van der Waals surface area contributed by atoms with E-state index in [1.165, 1.54) is 22.6 Å². The number of fused-ring (bicyclic) bond motifs is 1. The smallest absolute Gasteiger partial charge is 0.169 e. The van der Waals surface area contributed by atoms with Crippen LogP contribution in [-0.4, -0.2) is 10.9 Å². The normalized spacial score (nSPS) is 14.1. The summed E-state index contributed by atoms with van der Waals surface area (Å²) in [7, 11) is 0. The molecule has 3 nitrogen and oxygen atoms in total. The van der Waals surface area contributed by atoms with Crippen LogP contribution in [-0.2, 0) is 6.42 Å². The third-order valence-corrected chi connectivity index (χ3v) is 3.61. The van der Waals surface area contributed by atoms with Gasteiger partial charge in [-0.25, -0.2) is 0 Å². The highest BCUT2D eigenvalue weighted by molar-refractivity contribution is 7.99. The van der Waals surface area contributed by atoms with Crippen molar-refractivity contribution in [3.05, 3.63) is 29.8 Å². The number of hydrogen-bond donors (Lipinski definition) is 1. The van der Waals surface area contributed by atoms with Gasteiger partial charge in [-0.2, -0.15) is 0 Å². The van der Waals surface area contributed by atoms with Crippen molar-refractivity contribution in [3.63, 3.8) is 0 Å². The first-order valence-electron chi connectivity index (χ1n) is 4.81. The maximum atomic E-state index is 5.52. The SMILES string of the molecule is Nc1cc(-c2ccc3c(c2)SCC3)on1. The first-order chi connectivity index (χ1) is 7.33. The highest BCUT2D eigenvalue weighted by Crippen LogP contribution is 2.34. The van der Waals surface area contributed by atoms with Crippen LogP contribution >= 0.6 is 11.8 Å². The number of benzene rings is 1. The van der Waals surface area contributed by atoms with Crippen LogP contribution in [0, 0.1) is 0 Å². The fraction of sp³-hybridized carbons (Fsp3) is 0.182. The van der Waals surface area contributed by atoms with Gasteiger partial charge in [-0.3, -0.25) is 0 Å². The number of nitrogen functional groups attached to an aromatic ring is 1. The molecule has 0 aliphatic carbocycles. The minimum Gasteiger partial charge on any atom is -0.381 e. The van der Waals surface area contributed by atoms with Gasteiger partial charge in [-0.1, -0.05) is 17.3 Å². The summed E-state index contributed by atoms with van der Waals surface area (Å²) in [5.41, 5.74) is 7.99. The van der Waals surface area contributed by atoms with Gasteiger partial charge < -0.3 is 10.3 Å². The molecule has 2 N–H and O–H groups in total. The zero-order valence-electron chi connectivity index (χ0n) is 8.06. The lowest BCUT2D eigenvalue weighted by Crippen LogP contribution is -1.81. The first-order valence-corrected chi connectivity index (χ1v) is 5.80. The Labute approximate surface area is 91.6 Å². The second kappa shape index (κ2) is 3.31. The Morgan fingerprint density at radius 3 is 3.07 bits per heavy atom. The van der Waals surface area contributed by atoms with E-state index in [4.69, 9.17) is 10.3 Å². The number of anilines is 1. The highest BCUT2D eigenvalue weighted by Gasteiger charge is 2.13. The number of hydrogen-bond acceptors (Lipinski definition) is 4. The van der Waals surface area contributed by atoms with Crippen LogP contribution in [0.25, 0.3) is 11.3 Å². The first kappa shape index (κ1) is 8.85. The van der Waals surface area contributed by atoms with Crippen LogP contribution in [0.2, 0.25) is 0 Å². The zero-order valence-corrected chi connectivity index (χ0v) is 8.88. The highest BCUT2D eigenvalue weighted by atomic mass is 32.2. The molecule has 15 heavy (non-hydrogen) atoms. The molecule has 0 spiro atoms. The molecule has 4 heteroatoms. The number of rotatable bonds is 1. The number of thioether (sulfide) groups is 1. The Balaban J connectivity index is 2.06. The van der Waals surface area contributed by atoms with Crippen molar-refractivity contribution < 1.29 is 4.52 Å². The Morgan fingerprint density at radius 1 is 1.33 bits per heavy atom. The van der Waals surface area contributed by atoms with Crippen molar-refractivity contribution in [1.29, 1.82) is 0 Å². The molecule has 0 saturated carbocycles. The van der Waals surface area contributed by atoms with E-state index >= 15 is 0 Å². The molecule has 0 amide bonds. The molecule has 76 valence electrons. The van der Waals surface area contributed by atoms with Crippen LogP contribution in [0.1, 0.15) is 5.56 Å². The van der Waals surface area contributed by atoms with E-state index < -0.39 is 0 Å². The third-order valence-electron chi connectivity index (χ3n) is 2.51. The number of aromatic nitrogens is 1. The van der Waals surface area contributed by atoms with Crippen LogP contribution in [0.15, 0.2) is 33.7 Å². The monoisotopic (exact) mass is 218 g/mol. The van der Waals surface area contributed by atoms with Crippen molar-refractivity contribution in [2.45, 2.75) is 11.3 Å². The molecule has 1 aliphatic rings. The maximum absolute atomic E-state index is 5.52. The van der Waals surface area contributed by atoms with Crippen LogP contribution in [0.5, 0.6) is 0 Å². The van der Waals surface area contributed by atoms with Gasteiger partial charge in [-0.05, 0) is 18.1 Å². The van der Waals surface area contributed by atoms with E-state index in [0.717, 1.165) is 11.3 Å². The van der Waals surface area contributed by atoms with Crippen molar-refractivity contribution in [3.8, 4) is 11.3 Å². The predicted molar refractivity (Wildman–Crippen MR) is 60.8 cm³/mol. The number of nitrogens with zero attached hydrogens (tertiary/aromatic N) is 1. The molecule has 2 aromatic rings. The summed E-state index contributed by atoms with van der Waals surface area (Å²) < 4.78 is 5.13. The lowest BCUT2D eigenvalue weighted by Gasteiger charge is -2.00. The van der Waals surface area contributed by atoms with E-state index in [1.807, 2.05) is 11.8 Å². The quantitative estimate of drug-likeness (QED) is 0.799. The van der Waals surface area contributed by atoms with E-state index in [0.29, 0.717) is 5.82 Å². The summed E-state index contributed by atoms with van der Waals surface area (Å²) in [4.78, 5) is 1.35. The van der Waals surface area contributed by atoms with Gasteiger partial charge in [-0.15, -0.1) is 11.8 Å². The van der Waals surface area contributed by atoms with E-state index in [1.54, 1.807) is 6.07 Å². The fourth-order valence-electron chi connectivity index (χ4n) is 1.74. The molecule has 1 aromatic carbocycles. The lowest BCUT2D eigenvalue weighted by atomic mass is 10.1. The maximum Gasteiger partial charge on any atom is 0.169 e. The Bertz CT molecular complexity index is 507. The van der Waals surface area contributed by atoms with Crippen LogP contribution in [0.3, 0.4) is 0 Å². The Morgan fingerprint density at radius 2 is 2.27 bits per heavy atom. The average molecular weight is 218 g/mol. The molecule has 0 fully saturated rings. The molecule has 0 unspecified atom stereocenters. The second-order valence-corrected chi connectivity index (χ2v) is 4.67. The van der Waals surface area contributed by atoms with Gasteiger partial charge in [0.2, 0.25) is 0 Å². The summed E-state index contributed by atoms with van der Waals surface area (Å²) in [6.45, 7) is 0. The average Bonchev–Trinajstić information content (AvgIpc) is 2.84. The molecular formula is C11H10N2OS. The van der Waals surface area contributed by atoms with Crippen LogP contribution in [0.4, 0.5) is 5.82 Å². The van der Waals surface area contributed by atoms with Crippen LogP contribution < -0.4 is 5.73 Å². The summed E-state index contributed by atoms with van der Waals surface area (Å²) in [6, 6.07) is 8.11. The molecular weight excluding hydrogens is 208 g/mol. The molecule has 3 rings (SSSR count). The molecule has 1 aliphatic heterocycles. The molecule has 1 aromatic heterocycles. The predicted octanol–water partition coefficient (Wildman–Crippen LogP) is 2.57. The molecule has 2 heterocycles. The van der Waals surface area contributed by atoms with Gasteiger partial charge >= 0.3 is 0 Å². The molecule has 0 atom stereocenters. The van der Waals surface area contributed by atoms with Gasteiger partial charge in [0.1, 0.15) is 0 Å². The van der Waals surface area contributed by atoms with Crippen molar-refractivity contribution in [1.82, 2.24) is 5.16 Å². The van der Waals surface area contributed by atoms with Crippen molar-refractivity contribution >= 4 is 17.6 Å². The molecule has 0 bridgehead atoms. The van der Waals surface area contributed by atoms with Gasteiger partial charge in [0.25, 0.3) is 0 Å². The second-order valence-electron chi connectivity index (χ2n) is 3.54. The lowest BCUT2D eigenvalue weighted by molar-refractivity contribution is 0.435. The van der Waals surface area contributed by atoms with Crippen molar-refractivity contribution in [2.24, 2.45) is 0 Å².